The number of halogens is 1. The molecule has 0 saturated carbocycles. The zero-order chi connectivity index (χ0) is 9.26. The van der Waals surface area contributed by atoms with Gasteiger partial charge < -0.3 is 4.57 Å². The molecule has 2 aromatic heterocycles. The van der Waals surface area contributed by atoms with E-state index in [1.165, 1.54) is 16.2 Å². The summed E-state index contributed by atoms with van der Waals surface area (Å²) in [5.74, 6) is 0. The third kappa shape index (κ3) is 1.92. The highest BCUT2D eigenvalue weighted by Gasteiger charge is 2.03. The van der Waals surface area contributed by atoms with Crippen molar-refractivity contribution >= 4 is 38.6 Å². The van der Waals surface area contributed by atoms with Gasteiger partial charge >= 0.3 is 4.87 Å². The van der Waals surface area contributed by atoms with Crippen LogP contribution < -0.4 is 4.87 Å². The first-order valence-corrected chi connectivity index (χ1v) is 6.18. The molecule has 2 aromatic rings. The molecule has 0 spiro atoms. The Kier molecular flexibility index (Phi) is 2.66. The number of aromatic nitrogens is 1. The molecule has 2 nitrogen and oxygen atoms in total. The number of rotatable bonds is 2. The Morgan fingerprint density at radius 3 is 2.77 bits per heavy atom. The minimum Gasteiger partial charge on any atom is -0.301 e. The van der Waals surface area contributed by atoms with Crippen LogP contribution in [0.15, 0.2) is 32.3 Å². The molecule has 2 rings (SSSR count). The van der Waals surface area contributed by atoms with Crippen LogP contribution in [0.1, 0.15) is 4.88 Å². The average molecular weight is 276 g/mol. The zero-order valence-corrected chi connectivity index (χ0v) is 9.79. The second-order valence-electron chi connectivity index (χ2n) is 2.49. The lowest BCUT2D eigenvalue weighted by atomic mass is 10.4. The molecule has 5 heteroatoms. The fraction of sp³-hybridized carbons (Fsp3) is 0.125. The number of thiophene rings is 1. The summed E-state index contributed by atoms with van der Waals surface area (Å²) in [6, 6.07) is 2.00. The molecule has 68 valence electrons. The van der Waals surface area contributed by atoms with Gasteiger partial charge in [0.25, 0.3) is 0 Å². The van der Waals surface area contributed by atoms with Crippen molar-refractivity contribution in [1.82, 2.24) is 4.57 Å². The molecular weight excluding hydrogens is 270 g/mol. The standard InChI is InChI=1S/C8H6BrNOS2/c9-6-1-3-12-7(6)5-10-2-4-13-8(10)11/h1-4H,5H2. The Morgan fingerprint density at radius 1 is 1.38 bits per heavy atom. The predicted octanol–water partition coefficient (Wildman–Crippen LogP) is 2.78. The summed E-state index contributed by atoms with van der Waals surface area (Å²) in [5.41, 5.74) is 0. The normalized spacial score (nSPS) is 10.5. The minimum absolute atomic E-state index is 0.0975. The molecule has 0 atom stereocenters. The molecule has 0 bridgehead atoms. The van der Waals surface area contributed by atoms with Crippen molar-refractivity contribution < 1.29 is 0 Å². The van der Waals surface area contributed by atoms with E-state index in [1.54, 1.807) is 15.9 Å². The van der Waals surface area contributed by atoms with Crippen molar-refractivity contribution in [3.8, 4) is 0 Å². The molecule has 2 heterocycles. The van der Waals surface area contributed by atoms with Crippen LogP contribution in [-0.4, -0.2) is 4.57 Å². The number of thiazole rings is 1. The molecule has 0 aliphatic carbocycles. The Balaban J connectivity index is 2.29. The molecule has 13 heavy (non-hydrogen) atoms. The predicted molar refractivity (Wildman–Crippen MR) is 59.7 cm³/mol. The van der Waals surface area contributed by atoms with Crippen LogP contribution in [0.2, 0.25) is 0 Å². The Labute approximate surface area is 91.6 Å². The monoisotopic (exact) mass is 275 g/mol. The molecule has 0 saturated heterocycles. The van der Waals surface area contributed by atoms with Crippen molar-refractivity contribution in [2.24, 2.45) is 0 Å². The summed E-state index contributed by atoms with van der Waals surface area (Å²) < 4.78 is 2.79. The first-order chi connectivity index (χ1) is 6.27. The van der Waals surface area contributed by atoms with Gasteiger partial charge in [-0.2, -0.15) is 0 Å². The molecule has 0 unspecified atom stereocenters. The molecule has 0 aromatic carbocycles. The van der Waals surface area contributed by atoms with Crippen LogP contribution in [0.3, 0.4) is 0 Å². The van der Waals surface area contributed by atoms with E-state index in [2.05, 4.69) is 15.9 Å². The number of hydrogen-bond donors (Lipinski definition) is 0. The van der Waals surface area contributed by atoms with E-state index in [0.29, 0.717) is 6.54 Å². The van der Waals surface area contributed by atoms with Gasteiger partial charge in [-0.15, -0.1) is 11.3 Å². The second-order valence-corrected chi connectivity index (χ2v) is 5.20. The van der Waals surface area contributed by atoms with E-state index in [-0.39, 0.29) is 4.87 Å². The fourth-order valence-corrected chi connectivity index (χ4v) is 3.06. The summed E-state index contributed by atoms with van der Waals surface area (Å²) in [7, 11) is 0. The second kappa shape index (κ2) is 3.77. The maximum atomic E-state index is 11.2. The maximum Gasteiger partial charge on any atom is 0.307 e. The third-order valence-corrected chi connectivity index (χ3v) is 4.25. The molecule has 0 amide bonds. The third-order valence-electron chi connectivity index (χ3n) is 1.65. The first kappa shape index (κ1) is 9.18. The molecule has 0 aliphatic heterocycles. The lowest BCUT2D eigenvalue weighted by Gasteiger charge is -1.98. The SMILES string of the molecule is O=c1sccn1Cc1sccc1Br. The topological polar surface area (TPSA) is 22.0 Å². The van der Waals surface area contributed by atoms with E-state index in [9.17, 15) is 4.79 Å². The zero-order valence-electron chi connectivity index (χ0n) is 6.57. The Bertz CT molecular complexity index is 456. The van der Waals surface area contributed by atoms with Crippen molar-refractivity contribution in [1.29, 1.82) is 0 Å². The molecule has 0 radical (unpaired) electrons. The van der Waals surface area contributed by atoms with Gasteiger partial charge in [-0.25, -0.2) is 0 Å². The molecule has 0 fully saturated rings. The lowest BCUT2D eigenvalue weighted by molar-refractivity contribution is 0.794. The van der Waals surface area contributed by atoms with Gasteiger partial charge in [-0.05, 0) is 27.4 Å². The van der Waals surface area contributed by atoms with Crippen molar-refractivity contribution in [3.63, 3.8) is 0 Å². The average Bonchev–Trinajstić information content (AvgIpc) is 2.65. The molecule has 0 N–H and O–H groups in total. The fourth-order valence-electron chi connectivity index (χ4n) is 1.00. The van der Waals surface area contributed by atoms with Gasteiger partial charge in [0.1, 0.15) is 0 Å². The summed E-state index contributed by atoms with van der Waals surface area (Å²) in [5, 5.41) is 3.82. The van der Waals surface area contributed by atoms with Crippen LogP contribution in [0.25, 0.3) is 0 Å². The number of nitrogens with zero attached hydrogens (tertiary/aromatic N) is 1. The minimum atomic E-state index is 0.0975. The van der Waals surface area contributed by atoms with E-state index in [1.807, 2.05) is 23.0 Å². The summed E-state index contributed by atoms with van der Waals surface area (Å²) in [4.78, 5) is 12.5. The largest absolute Gasteiger partial charge is 0.307 e. The van der Waals surface area contributed by atoms with E-state index in [4.69, 9.17) is 0 Å². The van der Waals surface area contributed by atoms with Gasteiger partial charge in [-0.1, -0.05) is 11.3 Å². The highest BCUT2D eigenvalue weighted by Crippen LogP contribution is 2.23. The van der Waals surface area contributed by atoms with Crippen LogP contribution in [0.5, 0.6) is 0 Å². The lowest BCUT2D eigenvalue weighted by Crippen LogP contribution is -2.11. The smallest absolute Gasteiger partial charge is 0.301 e. The quantitative estimate of drug-likeness (QED) is 0.826. The molecular formula is C8H6BrNOS2. The first-order valence-electron chi connectivity index (χ1n) is 3.63. The van der Waals surface area contributed by atoms with E-state index in [0.717, 1.165) is 4.47 Å². The van der Waals surface area contributed by atoms with Crippen molar-refractivity contribution in [2.45, 2.75) is 6.54 Å². The maximum absolute atomic E-state index is 11.2. The van der Waals surface area contributed by atoms with Crippen LogP contribution in [0, 0.1) is 0 Å². The number of hydrogen-bond acceptors (Lipinski definition) is 3. The summed E-state index contributed by atoms with van der Waals surface area (Å²) >= 11 is 6.32. The van der Waals surface area contributed by atoms with Gasteiger partial charge in [0, 0.05) is 20.9 Å². The van der Waals surface area contributed by atoms with Gasteiger partial charge in [0.2, 0.25) is 0 Å². The highest BCUT2D eigenvalue weighted by molar-refractivity contribution is 9.10. The summed E-state index contributed by atoms with van der Waals surface area (Å²) in [6.07, 6.45) is 1.82. The van der Waals surface area contributed by atoms with Crippen LogP contribution in [-0.2, 0) is 6.54 Å². The van der Waals surface area contributed by atoms with Crippen molar-refractivity contribution in [3.05, 3.63) is 42.0 Å². The Hall–Kier alpha value is -0.390. The van der Waals surface area contributed by atoms with E-state index < -0.39 is 0 Å². The van der Waals surface area contributed by atoms with Crippen LogP contribution in [0.4, 0.5) is 0 Å². The highest BCUT2D eigenvalue weighted by atomic mass is 79.9. The summed E-state index contributed by atoms with van der Waals surface area (Å²) in [6.45, 7) is 0.667. The van der Waals surface area contributed by atoms with E-state index >= 15 is 0 Å². The van der Waals surface area contributed by atoms with Gasteiger partial charge in [-0.3, -0.25) is 4.79 Å². The van der Waals surface area contributed by atoms with Gasteiger partial charge in [0.15, 0.2) is 0 Å². The Morgan fingerprint density at radius 2 is 2.23 bits per heavy atom. The van der Waals surface area contributed by atoms with Gasteiger partial charge in [0.05, 0.1) is 6.54 Å². The van der Waals surface area contributed by atoms with Crippen LogP contribution >= 0.6 is 38.6 Å². The molecule has 0 aliphatic rings. The van der Waals surface area contributed by atoms with Crippen molar-refractivity contribution in [2.75, 3.05) is 0 Å².